The molecule has 1 atom stereocenters. The quantitative estimate of drug-likeness (QED) is 0.456. The number of hydrazine groups is 1. The zero-order valence-electron chi connectivity index (χ0n) is 11.2. The maximum atomic E-state index is 13.4. The number of nitrogen functional groups attached to an aromatic ring is 1. The minimum absolute atomic E-state index is 0.173. The lowest BCUT2D eigenvalue weighted by Gasteiger charge is -2.20. The molecule has 3 nitrogen and oxygen atoms in total. The first-order chi connectivity index (χ1) is 9.51. The molecule has 5 N–H and O–H groups in total. The van der Waals surface area contributed by atoms with Gasteiger partial charge in [0.2, 0.25) is 0 Å². The zero-order chi connectivity index (χ0) is 14.7. The third-order valence-electron chi connectivity index (χ3n) is 3.36. The normalized spacial score (nSPS) is 12.4. The Bertz CT molecular complexity index is 616. The van der Waals surface area contributed by atoms with Gasteiger partial charge < -0.3 is 5.73 Å². The lowest BCUT2D eigenvalue weighted by Crippen LogP contribution is -2.30. The average Bonchev–Trinajstić information content (AvgIpc) is 2.42. The molecular formula is C15H17BrFN3. The van der Waals surface area contributed by atoms with Gasteiger partial charge in [0.25, 0.3) is 0 Å². The minimum atomic E-state index is -0.247. The van der Waals surface area contributed by atoms with Gasteiger partial charge >= 0.3 is 0 Å². The summed E-state index contributed by atoms with van der Waals surface area (Å²) < 4.78 is 14.3. The van der Waals surface area contributed by atoms with Crippen LogP contribution in [-0.4, -0.2) is 0 Å². The molecule has 0 aliphatic heterocycles. The van der Waals surface area contributed by atoms with E-state index < -0.39 is 0 Å². The second-order valence-corrected chi connectivity index (χ2v) is 5.68. The van der Waals surface area contributed by atoms with Crippen LogP contribution in [0, 0.1) is 12.7 Å². The molecule has 1 unspecified atom stereocenters. The van der Waals surface area contributed by atoms with Crippen molar-refractivity contribution >= 4 is 21.6 Å². The Hall–Kier alpha value is -1.43. The number of nitrogens with one attached hydrogen (secondary N) is 1. The number of aryl methyl sites for hydroxylation is 1. The summed E-state index contributed by atoms with van der Waals surface area (Å²) in [5.74, 6) is 5.40. The van der Waals surface area contributed by atoms with Crippen molar-refractivity contribution in [3.8, 4) is 0 Å². The summed E-state index contributed by atoms with van der Waals surface area (Å²) in [6.07, 6.45) is 0.570. The second-order valence-electron chi connectivity index (χ2n) is 4.77. The predicted molar refractivity (Wildman–Crippen MR) is 83.5 cm³/mol. The molecule has 0 spiro atoms. The van der Waals surface area contributed by atoms with Crippen LogP contribution < -0.4 is 17.0 Å². The molecule has 0 heterocycles. The van der Waals surface area contributed by atoms with Gasteiger partial charge in [0.05, 0.1) is 6.04 Å². The predicted octanol–water partition coefficient (Wildman–Crippen LogP) is 3.23. The fourth-order valence-corrected chi connectivity index (χ4v) is 2.56. The molecule has 0 saturated carbocycles. The van der Waals surface area contributed by atoms with Crippen LogP contribution in [0.15, 0.2) is 40.9 Å². The molecule has 0 bridgehead atoms. The van der Waals surface area contributed by atoms with E-state index in [4.69, 9.17) is 11.6 Å². The number of hydrogen-bond acceptors (Lipinski definition) is 3. The third kappa shape index (κ3) is 3.36. The Labute approximate surface area is 126 Å². The topological polar surface area (TPSA) is 64.1 Å². The van der Waals surface area contributed by atoms with E-state index in [2.05, 4.69) is 21.4 Å². The van der Waals surface area contributed by atoms with E-state index in [1.165, 1.54) is 12.1 Å². The Morgan fingerprint density at radius 3 is 2.70 bits per heavy atom. The van der Waals surface area contributed by atoms with Gasteiger partial charge in [0.1, 0.15) is 5.82 Å². The summed E-state index contributed by atoms with van der Waals surface area (Å²) in [5.41, 5.74) is 12.2. The van der Waals surface area contributed by atoms with Crippen LogP contribution in [-0.2, 0) is 6.42 Å². The number of nitrogens with two attached hydrogens (primary N) is 2. The van der Waals surface area contributed by atoms with Crippen molar-refractivity contribution in [1.29, 1.82) is 0 Å². The van der Waals surface area contributed by atoms with Gasteiger partial charge in [-0.3, -0.25) is 11.3 Å². The van der Waals surface area contributed by atoms with Crippen molar-refractivity contribution in [3.63, 3.8) is 0 Å². The zero-order valence-corrected chi connectivity index (χ0v) is 12.7. The van der Waals surface area contributed by atoms with Crippen molar-refractivity contribution in [1.82, 2.24) is 5.43 Å². The molecule has 5 heteroatoms. The first-order valence-electron chi connectivity index (χ1n) is 6.27. The lowest BCUT2D eigenvalue weighted by molar-refractivity contribution is 0.548. The molecule has 0 radical (unpaired) electrons. The Morgan fingerprint density at radius 1 is 1.25 bits per heavy atom. The van der Waals surface area contributed by atoms with E-state index in [0.29, 0.717) is 12.1 Å². The average molecular weight is 338 g/mol. The molecular weight excluding hydrogens is 321 g/mol. The fourth-order valence-electron chi connectivity index (χ4n) is 2.19. The van der Waals surface area contributed by atoms with Crippen LogP contribution in [0.4, 0.5) is 10.1 Å². The Kier molecular flexibility index (Phi) is 4.75. The van der Waals surface area contributed by atoms with Gasteiger partial charge in [-0.25, -0.2) is 4.39 Å². The van der Waals surface area contributed by atoms with Gasteiger partial charge in [-0.05, 0) is 60.4 Å². The van der Waals surface area contributed by atoms with Crippen molar-refractivity contribution in [3.05, 3.63) is 63.4 Å². The van der Waals surface area contributed by atoms with Crippen LogP contribution in [0.25, 0.3) is 0 Å². The monoisotopic (exact) mass is 337 g/mol. The third-order valence-corrected chi connectivity index (χ3v) is 3.85. The van der Waals surface area contributed by atoms with Gasteiger partial charge in [0, 0.05) is 10.2 Å². The van der Waals surface area contributed by atoms with Crippen molar-refractivity contribution in [2.45, 2.75) is 19.4 Å². The van der Waals surface area contributed by atoms with Crippen LogP contribution in [0.3, 0.4) is 0 Å². The van der Waals surface area contributed by atoms with Crippen molar-refractivity contribution < 1.29 is 4.39 Å². The molecule has 0 saturated heterocycles. The van der Waals surface area contributed by atoms with Crippen LogP contribution in [0.5, 0.6) is 0 Å². The highest BCUT2D eigenvalue weighted by molar-refractivity contribution is 9.10. The van der Waals surface area contributed by atoms with E-state index >= 15 is 0 Å². The second kappa shape index (κ2) is 6.35. The summed E-state index contributed by atoms with van der Waals surface area (Å²) in [7, 11) is 0. The minimum Gasteiger partial charge on any atom is -0.398 e. The standard InChI is InChI=1S/C15H17BrFN3/c1-9-2-4-12(17)6-10(9)7-15(20-19)13-8-11(16)3-5-14(13)18/h2-6,8,15,20H,7,18-19H2,1H3. The SMILES string of the molecule is Cc1ccc(F)cc1CC(NN)c1cc(Br)ccc1N. The highest BCUT2D eigenvalue weighted by Crippen LogP contribution is 2.27. The molecule has 0 aromatic heterocycles. The summed E-state index contributed by atoms with van der Waals surface area (Å²) in [5, 5.41) is 0. The van der Waals surface area contributed by atoms with E-state index in [0.717, 1.165) is 21.2 Å². The first-order valence-corrected chi connectivity index (χ1v) is 7.06. The molecule has 0 amide bonds. The molecule has 2 aromatic rings. The fraction of sp³-hybridized carbons (Fsp3) is 0.200. The largest absolute Gasteiger partial charge is 0.398 e. The Balaban J connectivity index is 2.33. The van der Waals surface area contributed by atoms with Crippen molar-refractivity contribution in [2.75, 3.05) is 5.73 Å². The summed E-state index contributed by atoms with van der Waals surface area (Å²) >= 11 is 3.42. The number of anilines is 1. The smallest absolute Gasteiger partial charge is 0.123 e. The molecule has 0 fully saturated rings. The van der Waals surface area contributed by atoms with Crippen LogP contribution in [0.1, 0.15) is 22.7 Å². The van der Waals surface area contributed by atoms with E-state index in [1.807, 2.05) is 25.1 Å². The van der Waals surface area contributed by atoms with E-state index in [9.17, 15) is 4.39 Å². The summed E-state index contributed by atoms with van der Waals surface area (Å²) in [6.45, 7) is 1.95. The molecule has 106 valence electrons. The molecule has 2 aromatic carbocycles. The molecule has 0 aliphatic carbocycles. The number of hydrogen-bond donors (Lipinski definition) is 3. The number of halogens is 2. The molecule has 0 aliphatic rings. The summed E-state index contributed by atoms with van der Waals surface area (Å²) in [4.78, 5) is 0. The summed E-state index contributed by atoms with van der Waals surface area (Å²) in [6, 6.07) is 10.2. The highest BCUT2D eigenvalue weighted by atomic mass is 79.9. The van der Waals surface area contributed by atoms with Gasteiger partial charge in [-0.15, -0.1) is 0 Å². The number of rotatable bonds is 4. The van der Waals surface area contributed by atoms with Gasteiger partial charge in [0.15, 0.2) is 0 Å². The maximum absolute atomic E-state index is 13.4. The van der Waals surface area contributed by atoms with Crippen LogP contribution >= 0.6 is 15.9 Å². The van der Waals surface area contributed by atoms with E-state index in [-0.39, 0.29) is 11.9 Å². The lowest BCUT2D eigenvalue weighted by atomic mass is 9.95. The Morgan fingerprint density at radius 2 is 2.00 bits per heavy atom. The van der Waals surface area contributed by atoms with Crippen molar-refractivity contribution in [2.24, 2.45) is 5.84 Å². The number of benzene rings is 2. The van der Waals surface area contributed by atoms with Gasteiger partial charge in [-0.2, -0.15) is 0 Å². The molecule has 20 heavy (non-hydrogen) atoms. The van der Waals surface area contributed by atoms with E-state index in [1.54, 1.807) is 6.07 Å². The maximum Gasteiger partial charge on any atom is 0.123 e. The first kappa shape index (κ1) is 15.0. The highest BCUT2D eigenvalue weighted by Gasteiger charge is 2.15. The van der Waals surface area contributed by atoms with Gasteiger partial charge in [-0.1, -0.05) is 22.0 Å². The molecule has 2 rings (SSSR count). The van der Waals surface area contributed by atoms with Crippen LogP contribution in [0.2, 0.25) is 0 Å².